The number of hydrogen-bond acceptors (Lipinski definition) is 5. The van der Waals surface area contributed by atoms with E-state index in [1.54, 1.807) is 13.2 Å². The molecule has 0 aliphatic carbocycles. The summed E-state index contributed by atoms with van der Waals surface area (Å²) in [6.07, 6.45) is 1.45. The number of hydrogen-bond donors (Lipinski definition) is 2. The van der Waals surface area contributed by atoms with Gasteiger partial charge in [-0.1, -0.05) is 18.2 Å². The molecule has 1 aromatic heterocycles. The Balaban J connectivity index is 2.05. The second-order valence-corrected chi connectivity index (χ2v) is 3.50. The fourth-order valence-electron chi connectivity index (χ4n) is 1.43. The molecule has 5 heteroatoms. The zero-order valence-corrected chi connectivity index (χ0v) is 9.55. The van der Waals surface area contributed by atoms with Crippen molar-refractivity contribution in [2.45, 2.75) is 6.54 Å². The van der Waals surface area contributed by atoms with Crippen LogP contribution in [0.5, 0.6) is 5.88 Å². The van der Waals surface area contributed by atoms with Gasteiger partial charge in [0.2, 0.25) is 5.88 Å². The molecule has 2 aromatic rings. The highest BCUT2D eigenvalue weighted by Crippen LogP contribution is 2.14. The maximum absolute atomic E-state index is 5.84. The number of nitrogen functional groups attached to an aromatic ring is 1. The summed E-state index contributed by atoms with van der Waals surface area (Å²) < 4.78 is 5.01. The SMILES string of the molecule is COc1cc(NCc2ccccc2N)ncn1. The maximum atomic E-state index is 5.84. The van der Waals surface area contributed by atoms with Gasteiger partial charge in [-0.3, -0.25) is 0 Å². The van der Waals surface area contributed by atoms with Crippen molar-refractivity contribution in [3.05, 3.63) is 42.2 Å². The molecule has 0 aliphatic heterocycles. The summed E-state index contributed by atoms with van der Waals surface area (Å²) in [5, 5.41) is 3.17. The Labute approximate surface area is 99.7 Å². The number of ether oxygens (including phenoxy) is 1. The average molecular weight is 230 g/mol. The highest BCUT2D eigenvalue weighted by atomic mass is 16.5. The van der Waals surface area contributed by atoms with E-state index in [1.807, 2.05) is 24.3 Å². The summed E-state index contributed by atoms with van der Waals surface area (Å²) in [5.74, 6) is 1.24. The van der Waals surface area contributed by atoms with Crippen molar-refractivity contribution in [2.75, 3.05) is 18.2 Å². The summed E-state index contributed by atoms with van der Waals surface area (Å²) >= 11 is 0. The van der Waals surface area contributed by atoms with Crippen LogP contribution >= 0.6 is 0 Å². The third-order valence-corrected chi connectivity index (χ3v) is 2.37. The molecule has 0 saturated heterocycles. The van der Waals surface area contributed by atoms with Crippen molar-refractivity contribution in [2.24, 2.45) is 0 Å². The molecule has 0 atom stereocenters. The fraction of sp³-hybridized carbons (Fsp3) is 0.167. The number of nitrogens with zero attached hydrogens (tertiary/aromatic N) is 2. The van der Waals surface area contributed by atoms with Gasteiger partial charge < -0.3 is 15.8 Å². The topological polar surface area (TPSA) is 73.1 Å². The second-order valence-electron chi connectivity index (χ2n) is 3.50. The number of para-hydroxylation sites is 1. The molecule has 3 N–H and O–H groups in total. The molecule has 0 unspecified atom stereocenters. The minimum Gasteiger partial charge on any atom is -0.481 e. The van der Waals surface area contributed by atoms with E-state index in [0.717, 1.165) is 11.3 Å². The summed E-state index contributed by atoms with van der Waals surface area (Å²) in [7, 11) is 1.57. The number of nitrogens with one attached hydrogen (secondary N) is 1. The molecule has 0 radical (unpaired) electrons. The minimum atomic E-state index is 0.531. The number of benzene rings is 1. The predicted octanol–water partition coefficient (Wildman–Crippen LogP) is 1.68. The lowest BCUT2D eigenvalue weighted by molar-refractivity contribution is 0.397. The van der Waals surface area contributed by atoms with Crippen LogP contribution in [-0.2, 0) is 6.54 Å². The van der Waals surface area contributed by atoms with E-state index in [1.165, 1.54) is 6.33 Å². The van der Waals surface area contributed by atoms with Gasteiger partial charge in [-0.25, -0.2) is 9.97 Å². The molecule has 88 valence electrons. The van der Waals surface area contributed by atoms with E-state index in [4.69, 9.17) is 10.5 Å². The number of aromatic nitrogens is 2. The van der Waals surface area contributed by atoms with Crippen LogP contribution in [0.2, 0.25) is 0 Å². The van der Waals surface area contributed by atoms with Crippen molar-refractivity contribution in [1.82, 2.24) is 9.97 Å². The Morgan fingerprint density at radius 1 is 1.29 bits per heavy atom. The van der Waals surface area contributed by atoms with Gasteiger partial charge in [0.05, 0.1) is 7.11 Å². The molecular formula is C12H14N4O. The van der Waals surface area contributed by atoms with Crippen molar-refractivity contribution in [1.29, 1.82) is 0 Å². The molecular weight excluding hydrogens is 216 g/mol. The van der Waals surface area contributed by atoms with Gasteiger partial charge in [0.1, 0.15) is 12.1 Å². The number of rotatable bonds is 4. The largest absolute Gasteiger partial charge is 0.481 e. The first-order valence-electron chi connectivity index (χ1n) is 5.23. The Morgan fingerprint density at radius 3 is 2.88 bits per heavy atom. The Bertz CT molecular complexity index is 501. The first-order valence-corrected chi connectivity index (χ1v) is 5.23. The summed E-state index contributed by atoms with van der Waals surface area (Å²) in [5.41, 5.74) is 7.64. The number of methoxy groups -OCH3 is 1. The Hall–Kier alpha value is -2.30. The third-order valence-electron chi connectivity index (χ3n) is 2.37. The Kier molecular flexibility index (Phi) is 3.40. The summed E-state index contributed by atoms with van der Waals surface area (Å²) in [6.45, 7) is 0.618. The lowest BCUT2D eigenvalue weighted by Crippen LogP contribution is -2.04. The van der Waals surface area contributed by atoms with Gasteiger partial charge in [-0.2, -0.15) is 0 Å². The number of nitrogens with two attached hydrogens (primary N) is 1. The third kappa shape index (κ3) is 2.84. The van der Waals surface area contributed by atoms with Crippen molar-refractivity contribution >= 4 is 11.5 Å². The maximum Gasteiger partial charge on any atom is 0.218 e. The van der Waals surface area contributed by atoms with Gasteiger partial charge in [0.15, 0.2) is 0 Å². The monoisotopic (exact) mass is 230 g/mol. The zero-order chi connectivity index (χ0) is 12.1. The van der Waals surface area contributed by atoms with Crippen LogP contribution in [0.25, 0.3) is 0 Å². The zero-order valence-electron chi connectivity index (χ0n) is 9.55. The molecule has 1 aromatic carbocycles. The van der Waals surface area contributed by atoms with Gasteiger partial charge in [0, 0.05) is 18.3 Å². The quantitative estimate of drug-likeness (QED) is 0.782. The van der Waals surface area contributed by atoms with Gasteiger partial charge in [0.25, 0.3) is 0 Å². The van der Waals surface area contributed by atoms with E-state index < -0.39 is 0 Å². The predicted molar refractivity (Wildman–Crippen MR) is 66.8 cm³/mol. The minimum absolute atomic E-state index is 0.531. The smallest absolute Gasteiger partial charge is 0.218 e. The van der Waals surface area contributed by atoms with E-state index in [0.29, 0.717) is 18.2 Å². The molecule has 0 fully saturated rings. The normalized spacial score (nSPS) is 9.94. The van der Waals surface area contributed by atoms with Crippen molar-refractivity contribution < 1.29 is 4.74 Å². The van der Waals surface area contributed by atoms with Crippen molar-refractivity contribution in [3.63, 3.8) is 0 Å². The van der Waals surface area contributed by atoms with Gasteiger partial charge in [-0.15, -0.1) is 0 Å². The lowest BCUT2D eigenvalue weighted by atomic mass is 10.2. The molecule has 5 nitrogen and oxygen atoms in total. The molecule has 0 saturated carbocycles. The van der Waals surface area contributed by atoms with Crippen molar-refractivity contribution in [3.8, 4) is 5.88 Å². The van der Waals surface area contributed by atoms with Crippen LogP contribution in [0, 0.1) is 0 Å². The van der Waals surface area contributed by atoms with Gasteiger partial charge >= 0.3 is 0 Å². The average Bonchev–Trinajstić information content (AvgIpc) is 2.38. The van der Waals surface area contributed by atoms with Crippen LogP contribution in [0.1, 0.15) is 5.56 Å². The van der Waals surface area contributed by atoms with E-state index in [-0.39, 0.29) is 0 Å². The molecule has 0 aliphatic rings. The summed E-state index contributed by atoms with van der Waals surface area (Å²) in [4.78, 5) is 8.02. The lowest BCUT2D eigenvalue weighted by Gasteiger charge is -2.08. The highest BCUT2D eigenvalue weighted by molar-refractivity contribution is 5.48. The van der Waals surface area contributed by atoms with Crippen LogP contribution < -0.4 is 15.8 Å². The molecule has 0 amide bonds. The van der Waals surface area contributed by atoms with Crippen LogP contribution in [0.4, 0.5) is 11.5 Å². The van der Waals surface area contributed by atoms with E-state index in [2.05, 4.69) is 15.3 Å². The second kappa shape index (κ2) is 5.16. The fourth-order valence-corrected chi connectivity index (χ4v) is 1.43. The molecule has 2 rings (SSSR count). The van der Waals surface area contributed by atoms with E-state index >= 15 is 0 Å². The molecule has 17 heavy (non-hydrogen) atoms. The first kappa shape index (κ1) is 11.2. The van der Waals surface area contributed by atoms with Gasteiger partial charge in [-0.05, 0) is 11.6 Å². The Morgan fingerprint density at radius 2 is 2.12 bits per heavy atom. The molecule has 0 spiro atoms. The first-order chi connectivity index (χ1) is 8.29. The molecule has 1 heterocycles. The highest BCUT2D eigenvalue weighted by Gasteiger charge is 2.00. The van der Waals surface area contributed by atoms with Crippen LogP contribution in [0.15, 0.2) is 36.7 Å². The van der Waals surface area contributed by atoms with Crippen LogP contribution in [0.3, 0.4) is 0 Å². The standard InChI is InChI=1S/C12H14N4O/c1-17-12-6-11(15-8-16-12)14-7-9-4-2-3-5-10(9)13/h2-6,8H,7,13H2,1H3,(H,14,15,16). The van der Waals surface area contributed by atoms with Crippen LogP contribution in [-0.4, -0.2) is 17.1 Å². The summed E-state index contributed by atoms with van der Waals surface area (Å²) in [6, 6.07) is 9.44. The molecule has 0 bridgehead atoms. The number of anilines is 2. The van der Waals surface area contributed by atoms with E-state index in [9.17, 15) is 0 Å².